The molecule has 5 nitrogen and oxygen atoms in total. The van der Waals surface area contributed by atoms with Crippen LogP contribution in [0.3, 0.4) is 0 Å². The van der Waals surface area contributed by atoms with Gasteiger partial charge in [0.15, 0.2) is 0 Å². The van der Waals surface area contributed by atoms with E-state index in [1.54, 1.807) is 7.11 Å². The highest BCUT2D eigenvalue weighted by atomic mass is 35.5. The molecule has 0 bridgehead atoms. The van der Waals surface area contributed by atoms with E-state index in [0.717, 1.165) is 12.8 Å². The Morgan fingerprint density at radius 2 is 2.22 bits per heavy atom. The Morgan fingerprint density at radius 3 is 2.94 bits per heavy atom. The fourth-order valence-corrected chi connectivity index (χ4v) is 2.83. The number of amides is 1. The van der Waals surface area contributed by atoms with Crippen LogP contribution in [-0.4, -0.2) is 55.9 Å². The first kappa shape index (κ1) is 15.7. The second kappa shape index (κ2) is 7.28. The first-order chi connectivity index (χ1) is 8.24. The van der Waals surface area contributed by atoms with Crippen molar-refractivity contribution in [2.45, 2.75) is 43.9 Å². The largest absolute Gasteiger partial charge is 0.383 e. The van der Waals surface area contributed by atoms with Gasteiger partial charge in [-0.25, -0.2) is 0 Å². The molecule has 0 aromatic heterocycles. The van der Waals surface area contributed by atoms with E-state index in [1.807, 2.05) is 4.90 Å². The van der Waals surface area contributed by atoms with Crippen LogP contribution in [0.4, 0.5) is 0 Å². The van der Waals surface area contributed by atoms with Gasteiger partial charge in [0, 0.05) is 13.7 Å². The molecule has 2 N–H and O–H groups in total. The van der Waals surface area contributed by atoms with Crippen molar-refractivity contribution < 1.29 is 14.3 Å². The van der Waals surface area contributed by atoms with Gasteiger partial charge in [-0.15, -0.1) is 12.4 Å². The lowest BCUT2D eigenvalue weighted by atomic mass is 9.90. The molecule has 2 aliphatic rings. The monoisotopic (exact) mass is 278 g/mol. The lowest BCUT2D eigenvalue weighted by Gasteiger charge is -2.44. The number of carbonyl (C=O) groups is 1. The highest BCUT2D eigenvalue weighted by Crippen LogP contribution is 2.28. The van der Waals surface area contributed by atoms with E-state index in [1.165, 1.54) is 12.8 Å². The van der Waals surface area contributed by atoms with E-state index in [9.17, 15) is 4.79 Å². The maximum atomic E-state index is 12.2. The summed E-state index contributed by atoms with van der Waals surface area (Å²) in [4.78, 5) is 14.1. The van der Waals surface area contributed by atoms with Crippen LogP contribution in [-0.2, 0) is 14.3 Å². The number of nitrogens with zero attached hydrogens (tertiary/aromatic N) is 1. The normalized spacial score (nSPS) is 29.1. The predicted molar refractivity (Wildman–Crippen MR) is 70.8 cm³/mol. The molecular weight excluding hydrogens is 256 g/mol. The Labute approximate surface area is 114 Å². The van der Waals surface area contributed by atoms with E-state index in [4.69, 9.17) is 15.2 Å². The number of halogens is 1. The van der Waals surface area contributed by atoms with Crippen molar-refractivity contribution in [1.82, 2.24) is 4.90 Å². The molecule has 18 heavy (non-hydrogen) atoms. The zero-order valence-corrected chi connectivity index (χ0v) is 11.7. The van der Waals surface area contributed by atoms with Crippen LogP contribution in [0.25, 0.3) is 0 Å². The molecule has 1 aliphatic heterocycles. The van der Waals surface area contributed by atoms with Crippen molar-refractivity contribution in [3.8, 4) is 0 Å². The van der Waals surface area contributed by atoms with Crippen molar-refractivity contribution in [2.24, 2.45) is 5.73 Å². The minimum absolute atomic E-state index is 0. The lowest BCUT2D eigenvalue weighted by Crippen LogP contribution is -2.59. The van der Waals surface area contributed by atoms with E-state index in [2.05, 4.69) is 0 Å². The van der Waals surface area contributed by atoms with E-state index < -0.39 is 6.04 Å². The summed E-state index contributed by atoms with van der Waals surface area (Å²) in [5, 5.41) is 0. The number of carbonyl (C=O) groups excluding carboxylic acids is 1. The number of hydrogen-bond acceptors (Lipinski definition) is 4. The minimum Gasteiger partial charge on any atom is -0.383 e. The number of fused-ring (bicyclic) bond motifs is 1. The van der Waals surface area contributed by atoms with Gasteiger partial charge in [-0.3, -0.25) is 4.79 Å². The zero-order valence-electron chi connectivity index (χ0n) is 10.8. The maximum absolute atomic E-state index is 12.2. The number of hydrogen-bond donors (Lipinski definition) is 1. The standard InChI is InChI=1S/C12H22N2O3.ClH/c1-16-8-9(13)12(15)14-6-7-17-11-5-3-2-4-10(11)14;/h9-11H,2-8,13H2,1H3;1H. The van der Waals surface area contributed by atoms with Crippen LogP contribution >= 0.6 is 12.4 Å². The van der Waals surface area contributed by atoms with E-state index in [-0.39, 0.29) is 37.1 Å². The quantitative estimate of drug-likeness (QED) is 0.819. The molecule has 1 aliphatic carbocycles. The topological polar surface area (TPSA) is 64.8 Å². The highest BCUT2D eigenvalue weighted by molar-refractivity contribution is 5.85. The number of methoxy groups -OCH3 is 1. The summed E-state index contributed by atoms with van der Waals surface area (Å²) in [6, 6.07) is -0.311. The van der Waals surface area contributed by atoms with Gasteiger partial charge in [0.2, 0.25) is 5.91 Å². The second-order valence-corrected chi connectivity index (χ2v) is 4.85. The number of rotatable bonds is 3. The molecule has 0 spiro atoms. The molecule has 0 radical (unpaired) electrons. The third-order valence-electron chi connectivity index (χ3n) is 3.68. The molecular formula is C12H23ClN2O3. The van der Waals surface area contributed by atoms with Crippen LogP contribution in [0, 0.1) is 0 Å². The van der Waals surface area contributed by atoms with Crippen LogP contribution in [0.2, 0.25) is 0 Å². The summed E-state index contributed by atoms with van der Waals surface area (Å²) in [6.45, 7) is 1.58. The smallest absolute Gasteiger partial charge is 0.242 e. The number of ether oxygens (including phenoxy) is 2. The van der Waals surface area contributed by atoms with E-state index in [0.29, 0.717) is 13.2 Å². The van der Waals surface area contributed by atoms with Gasteiger partial charge in [0.25, 0.3) is 0 Å². The van der Waals surface area contributed by atoms with Crippen LogP contribution in [0.1, 0.15) is 25.7 Å². The van der Waals surface area contributed by atoms with Gasteiger partial charge in [-0.2, -0.15) is 0 Å². The van der Waals surface area contributed by atoms with Gasteiger partial charge in [-0.1, -0.05) is 12.8 Å². The van der Waals surface area contributed by atoms with Gasteiger partial charge >= 0.3 is 0 Å². The van der Waals surface area contributed by atoms with Gasteiger partial charge in [0.05, 0.1) is 25.4 Å². The molecule has 106 valence electrons. The van der Waals surface area contributed by atoms with Crippen LogP contribution < -0.4 is 5.73 Å². The molecule has 6 heteroatoms. The maximum Gasteiger partial charge on any atom is 0.242 e. The average molecular weight is 279 g/mol. The Balaban J connectivity index is 0.00000162. The molecule has 3 unspecified atom stereocenters. The zero-order chi connectivity index (χ0) is 12.3. The molecule has 0 aromatic carbocycles. The molecule has 2 rings (SSSR count). The number of nitrogens with two attached hydrogens (primary N) is 1. The van der Waals surface area contributed by atoms with Crippen molar-refractivity contribution >= 4 is 18.3 Å². The molecule has 1 saturated heterocycles. The third kappa shape index (κ3) is 3.35. The fraction of sp³-hybridized carbons (Fsp3) is 0.917. The predicted octanol–water partition coefficient (Wildman–Crippen LogP) is 0.552. The molecule has 1 amide bonds. The summed E-state index contributed by atoms with van der Waals surface area (Å²) in [5.74, 6) is 0.00653. The Hall–Kier alpha value is -0.360. The Kier molecular flexibility index (Phi) is 6.35. The minimum atomic E-state index is -0.541. The first-order valence-electron chi connectivity index (χ1n) is 6.40. The van der Waals surface area contributed by atoms with Crippen LogP contribution in [0.15, 0.2) is 0 Å². The summed E-state index contributed by atoms with van der Waals surface area (Å²) in [7, 11) is 1.57. The molecule has 1 heterocycles. The molecule has 3 atom stereocenters. The van der Waals surface area contributed by atoms with Crippen molar-refractivity contribution in [3.63, 3.8) is 0 Å². The summed E-state index contributed by atoms with van der Waals surface area (Å²) >= 11 is 0. The summed E-state index contributed by atoms with van der Waals surface area (Å²) in [6.07, 6.45) is 4.70. The molecule has 2 fully saturated rings. The van der Waals surface area contributed by atoms with Crippen LogP contribution in [0.5, 0.6) is 0 Å². The molecule has 0 aromatic rings. The van der Waals surface area contributed by atoms with Crippen molar-refractivity contribution in [1.29, 1.82) is 0 Å². The highest BCUT2D eigenvalue weighted by Gasteiger charge is 2.37. The van der Waals surface area contributed by atoms with Crippen molar-refractivity contribution in [3.05, 3.63) is 0 Å². The Bertz CT molecular complexity index is 276. The third-order valence-corrected chi connectivity index (χ3v) is 3.68. The number of morpholine rings is 1. The fourth-order valence-electron chi connectivity index (χ4n) is 2.83. The average Bonchev–Trinajstić information content (AvgIpc) is 2.37. The molecule has 1 saturated carbocycles. The van der Waals surface area contributed by atoms with E-state index >= 15 is 0 Å². The van der Waals surface area contributed by atoms with Gasteiger partial charge in [-0.05, 0) is 12.8 Å². The van der Waals surface area contributed by atoms with Crippen molar-refractivity contribution in [2.75, 3.05) is 26.9 Å². The van der Waals surface area contributed by atoms with Gasteiger partial charge in [0.1, 0.15) is 6.04 Å². The summed E-state index contributed by atoms with van der Waals surface area (Å²) < 4.78 is 10.7. The first-order valence-corrected chi connectivity index (χ1v) is 6.40. The van der Waals surface area contributed by atoms with Gasteiger partial charge < -0.3 is 20.1 Å². The lowest BCUT2D eigenvalue weighted by molar-refractivity contribution is -0.151. The Morgan fingerprint density at radius 1 is 1.50 bits per heavy atom. The SMILES string of the molecule is COCC(N)C(=O)N1CCOC2CCCCC21.Cl. The second-order valence-electron chi connectivity index (χ2n) is 4.85. The summed E-state index contributed by atoms with van der Waals surface area (Å²) in [5.41, 5.74) is 5.82.